The number of hydrogen-bond acceptors (Lipinski definition) is 6. The quantitative estimate of drug-likeness (QED) is 0.796. The molecule has 0 aromatic carbocycles. The summed E-state index contributed by atoms with van der Waals surface area (Å²) >= 11 is 1.53. The summed E-state index contributed by atoms with van der Waals surface area (Å²) in [7, 11) is 1.63. The van der Waals surface area contributed by atoms with Gasteiger partial charge in [-0.15, -0.1) is 11.3 Å². The second kappa shape index (κ2) is 5.66. The van der Waals surface area contributed by atoms with Gasteiger partial charge in [0.25, 0.3) is 0 Å². The molecule has 6 heteroatoms. The average Bonchev–Trinajstić information content (AvgIpc) is 2.97. The molecule has 0 saturated heterocycles. The maximum absolute atomic E-state index is 5.16. The van der Waals surface area contributed by atoms with Gasteiger partial charge >= 0.3 is 0 Å². The first-order valence-corrected chi connectivity index (χ1v) is 6.86. The Hall–Kier alpha value is -2.47. The highest BCUT2D eigenvalue weighted by molar-refractivity contribution is 7.14. The first-order valence-electron chi connectivity index (χ1n) is 5.98. The third-order valence-electron chi connectivity index (χ3n) is 2.68. The van der Waals surface area contributed by atoms with Gasteiger partial charge in [0.05, 0.1) is 12.8 Å². The van der Waals surface area contributed by atoms with E-state index in [9.17, 15) is 0 Å². The minimum Gasteiger partial charge on any atom is -0.497 e. The van der Waals surface area contributed by atoms with Crippen LogP contribution in [0, 0.1) is 0 Å². The Labute approximate surface area is 120 Å². The number of thiazole rings is 1. The average molecular weight is 284 g/mol. The Morgan fingerprint density at radius 1 is 1.15 bits per heavy atom. The molecule has 3 aromatic heterocycles. The Balaban J connectivity index is 1.80. The van der Waals surface area contributed by atoms with E-state index in [2.05, 4.69) is 20.3 Å². The van der Waals surface area contributed by atoms with Crippen molar-refractivity contribution in [2.75, 3.05) is 12.4 Å². The number of ether oxygens (including phenoxy) is 1. The third kappa shape index (κ3) is 2.75. The molecule has 0 fully saturated rings. The third-order valence-corrected chi connectivity index (χ3v) is 3.44. The predicted octanol–water partition coefficient (Wildman–Crippen LogP) is 3.35. The molecule has 0 amide bonds. The largest absolute Gasteiger partial charge is 0.497 e. The standard InChI is InChI=1S/C14H12N4OS/c1-19-11-4-7-16-13(8-11)18-14-17-12(9-20-14)10-2-5-15-6-3-10/h2-9H,1H3,(H,16,17,18). The van der Waals surface area contributed by atoms with E-state index in [1.807, 2.05) is 23.6 Å². The van der Waals surface area contributed by atoms with Crippen molar-refractivity contribution in [1.29, 1.82) is 0 Å². The van der Waals surface area contributed by atoms with Crippen molar-refractivity contribution in [2.45, 2.75) is 0 Å². The van der Waals surface area contributed by atoms with Crippen molar-refractivity contribution in [2.24, 2.45) is 0 Å². The van der Waals surface area contributed by atoms with Crippen molar-refractivity contribution in [3.63, 3.8) is 0 Å². The number of methoxy groups -OCH3 is 1. The molecule has 3 aromatic rings. The molecule has 0 aliphatic carbocycles. The molecule has 0 radical (unpaired) electrons. The van der Waals surface area contributed by atoms with E-state index in [0.29, 0.717) is 5.82 Å². The first-order chi connectivity index (χ1) is 9.85. The van der Waals surface area contributed by atoms with Crippen LogP contribution in [0.25, 0.3) is 11.3 Å². The zero-order valence-electron chi connectivity index (χ0n) is 10.8. The van der Waals surface area contributed by atoms with Gasteiger partial charge in [-0.25, -0.2) is 9.97 Å². The molecule has 20 heavy (non-hydrogen) atoms. The van der Waals surface area contributed by atoms with Gasteiger partial charge in [0, 0.05) is 35.6 Å². The van der Waals surface area contributed by atoms with Gasteiger partial charge in [-0.1, -0.05) is 0 Å². The van der Waals surface area contributed by atoms with Gasteiger partial charge < -0.3 is 10.1 Å². The fourth-order valence-corrected chi connectivity index (χ4v) is 2.43. The lowest BCUT2D eigenvalue weighted by Crippen LogP contribution is -1.93. The van der Waals surface area contributed by atoms with Crippen LogP contribution in [-0.2, 0) is 0 Å². The molecule has 0 saturated carbocycles. The van der Waals surface area contributed by atoms with Crippen LogP contribution < -0.4 is 10.1 Å². The second-order valence-corrected chi connectivity index (χ2v) is 4.84. The van der Waals surface area contributed by atoms with E-state index in [1.165, 1.54) is 11.3 Å². The maximum atomic E-state index is 5.16. The monoisotopic (exact) mass is 284 g/mol. The molecule has 5 nitrogen and oxygen atoms in total. The molecule has 0 bridgehead atoms. The number of nitrogens with zero attached hydrogens (tertiary/aromatic N) is 3. The van der Waals surface area contributed by atoms with Crippen LogP contribution in [0.3, 0.4) is 0 Å². The maximum Gasteiger partial charge on any atom is 0.188 e. The van der Waals surface area contributed by atoms with Crippen LogP contribution in [0.1, 0.15) is 0 Å². The van der Waals surface area contributed by atoms with E-state index in [-0.39, 0.29) is 0 Å². The Bertz CT molecular complexity index is 699. The molecule has 100 valence electrons. The predicted molar refractivity (Wildman–Crippen MR) is 79.4 cm³/mol. The fraction of sp³-hybridized carbons (Fsp3) is 0.0714. The van der Waals surface area contributed by atoms with Gasteiger partial charge in [-0.2, -0.15) is 0 Å². The number of nitrogens with one attached hydrogen (secondary N) is 1. The summed E-state index contributed by atoms with van der Waals surface area (Å²) in [6, 6.07) is 7.49. The Kier molecular flexibility index (Phi) is 3.56. The number of pyridine rings is 2. The lowest BCUT2D eigenvalue weighted by molar-refractivity contribution is 0.414. The Morgan fingerprint density at radius 3 is 2.80 bits per heavy atom. The molecule has 0 aliphatic heterocycles. The fourth-order valence-electron chi connectivity index (χ4n) is 1.70. The van der Waals surface area contributed by atoms with Crippen LogP contribution in [0.4, 0.5) is 10.9 Å². The minimum atomic E-state index is 0.708. The lowest BCUT2D eigenvalue weighted by Gasteiger charge is -2.03. The topological polar surface area (TPSA) is 59.9 Å². The van der Waals surface area contributed by atoms with Crippen LogP contribution >= 0.6 is 11.3 Å². The second-order valence-electron chi connectivity index (χ2n) is 3.98. The van der Waals surface area contributed by atoms with Crippen molar-refractivity contribution in [3.8, 4) is 17.0 Å². The van der Waals surface area contributed by atoms with Crippen LogP contribution in [0.15, 0.2) is 48.2 Å². The first kappa shape index (κ1) is 12.6. The molecule has 0 atom stereocenters. The van der Waals surface area contributed by atoms with Crippen LogP contribution in [-0.4, -0.2) is 22.1 Å². The van der Waals surface area contributed by atoms with Gasteiger partial charge in [0.2, 0.25) is 0 Å². The van der Waals surface area contributed by atoms with E-state index in [0.717, 1.165) is 22.1 Å². The smallest absolute Gasteiger partial charge is 0.188 e. The SMILES string of the molecule is COc1ccnc(Nc2nc(-c3ccncc3)cs2)c1. The van der Waals surface area contributed by atoms with Crippen molar-refractivity contribution in [3.05, 3.63) is 48.2 Å². The van der Waals surface area contributed by atoms with E-state index in [1.54, 1.807) is 31.8 Å². The highest BCUT2D eigenvalue weighted by atomic mass is 32.1. The van der Waals surface area contributed by atoms with Crippen LogP contribution in [0.5, 0.6) is 5.75 Å². The zero-order chi connectivity index (χ0) is 13.8. The molecule has 1 N–H and O–H groups in total. The molecule has 3 heterocycles. The highest BCUT2D eigenvalue weighted by Gasteiger charge is 2.05. The van der Waals surface area contributed by atoms with Gasteiger partial charge in [0.1, 0.15) is 11.6 Å². The van der Waals surface area contributed by atoms with Crippen LogP contribution in [0.2, 0.25) is 0 Å². The summed E-state index contributed by atoms with van der Waals surface area (Å²) in [6.45, 7) is 0. The van der Waals surface area contributed by atoms with E-state index < -0.39 is 0 Å². The summed E-state index contributed by atoms with van der Waals surface area (Å²) in [5.41, 5.74) is 1.96. The van der Waals surface area contributed by atoms with Gasteiger partial charge in [-0.3, -0.25) is 4.98 Å². The number of anilines is 2. The lowest BCUT2D eigenvalue weighted by atomic mass is 10.2. The summed E-state index contributed by atoms with van der Waals surface area (Å²) in [5, 5.41) is 5.96. The zero-order valence-corrected chi connectivity index (χ0v) is 11.6. The molecular formula is C14H12N4OS. The normalized spacial score (nSPS) is 10.2. The minimum absolute atomic E-state index is 0.708. The van der Waals surface area contributed by atoms with E-state index >= 15 is 0 Å². The number of aromatic nitrogens is 3. The van der Waals surface area contributed by atoms with Gasteiger partial charge in [0.15, 0.2) is 5.13 Å². The molecular weight excluding hydrogens is 272 g/mol. The van der Waals surface area contributed by atoms with Gasteiger partial charge in [-0.05, 0) is 18.2 Å². The summed E-state index contributed by atoms with van der Waals surface area (Å²) in [6.07, 6.45) is 5.20. The Morgan fingerprint density at radius 2 is 2.00 bits per heavy atom. The summed E-state index contributed by atoms with van der Waals surface area (Å²) in [5.74, 6) is 1.47. The molecule has 0 unspecified atom stereocenters. The number of hydrogen-bond donors (Lipinski definition) is 1. The molecule has 3 rings (SSSR count). The van der Waals surface area contributed by atoms with Crippen molar-refractivity contribution in [1.82, 2.24) is 15.0 Å². The van der Waals surface area contributed by atoms with E-state index in [4.69, 9.17) is 4.74 Å². The summed E-state index contributed by atoms with van der Waals surface area (Å²) < 4.78 is 5.16. The molecule has 0 spiro atoms. The summed E-state index contributed by atoms with van der Waals surface area (Å²) in [4.78, 5) is 12.8. The number of rotatable bonds is 4. The highest BCUT2D eigenvalue weighted by Crippen LogP contribution is 2.26. The van der Waals surface area contributed by atoms with Crippen molar-refractivity contribution >= 4 is 22.3 Å². The molecule has 0 aliphatic rings. The van der Waals surface area contributed by atoms with Crippen molar-refractivity contribution < 1.29 is 4.74 Å².